The monoisotopic (exact) mass is 521 g/mol. The van der Waals surface area contributed by atoms with E-state index < -0.39 is 25.1 Å². The van der Waals surface area contributed by atoms with E-state index in [1.165, 1.54) is 11.3 Å². The van der Waals surface area contributed by atoms with Gasteiger partial charge in [0.05, 0.1) is 19.3 Å². The number of alkyl halides is 3. The lowest BCUT2D eigenvalue weighted by Gasteiger charge is -2.41. The fourth-order valence-electron chi connectivity index (χ4n) is 5.69. The Morgan fingerprint density at radius 2 is 2.14 bits per heavy atom. The molecule has 1 saturated heterocycles. The molecule has 0 spiro atoms. The number of fused-ring (bicyclic) bond motifs is 3. The smallest absolute Gasteiger partial charge is 0.283 e. The number of nitrogens with one attached hydrogen (secondary N) is 2. The lowest BCUT2D eigenvalue weighted by molar-refractivity contribution is -0.0862. The molecule has 196 valence electrons. The minimum atomic E-state index is -3.20. The van der Waals surface area contributed by atoms with Gasteiger partial charge in [-0.25, -0.2) is 13.8 Å². The highest BCUT2D eigenvalue weighted by molar-refractivity contribution is 7.15. The van der Waals surface area contributed by atoms with E-state index in [-0.39, 0.29) is 18.8 Å². The van der Waals surface area contributed by atoms with Gasteiger partial charge in [-0.15, -0.1) is 11.3 Å². The van der Waals surface area contributed by atoms with Gasteiger partial charge in [0, 0.05) is 52.8 Å². The minimum Gasteiger partial charge on any atom is -0.390 e. The molecule has 0 aliphatic carbocycles. The zero-order chi connectivity index (χ0) is 25.3. The van der Waals surface area contributed by atoms with Crippen LogP contribution in [0.15, 0.2) is 30.5 Å². The van der Waals surface area contributed by atoms with Crippen molar-refractivity contribution in [3.05, 3.63) is 46.6 Å². The number of thiazole rings is 1. The van der Waals surface area contributed by atoms with Crippen LogP contribution in [0.25, 0.3) is 10.9 Å². The summed E-state index contributed by atoms with van der Waals surface area (Å²) in [6.07, 6.45) is 5.05. The lowest BCUT2D eigenvalue weighted by atomic mass is 9.91. The topological polar surface area (TPSA) is 67.4 Å². The molecule has 10 heteroatoms. The second-order valence-electron chi connectivity index (χ2n) is 10.1. The Kier molecular flexibility index (Phi) is 7.57. The molecule has 36 heavy (non-hydrogen) atoms. The van der Waals surface area contributed by atoms with Crippen molar-refractivity contribution in [1.82, 2.24) is 19.8 Å². The molecule has 4 heterocycles. The van der Waals surface area contributed by atoms with Gasteiger partial charge < -0.3 is 20.3 Å². The number of anilines is 1. The number of H-pyrrole nitrogens is 1. The summed E-state index contributed by atoms with van der Waals surface area (Å²) < 4.78 is 41.5. The Morgan fingerprint density at radius 1 is 1.31 bits per heavy atom. The number of aliphatic hydroxyl groups excluding tert-OH is 1. The van der Waals surface area contributed by atoms with E-state index in [9.17, 15) is 18.3 Å². The first kappa shape index (κ1) is 25.5. The minimum absolute atomic E-state index is 0.139. The highest BCUT2D eigenvalue weighted by Gasteiger charge is 2.42. The Labute approximate surface area is 213 Å². The Balaban J connectivity index is 1.43. The molecule has 2 aliphatic heterocycles. The van der Waals surface area contributed by atoms with E-state index in [1.54, 1.807) is 11.1 Å². The summed E-state index contributed by atoms with van der Waals surface area (Å²) in [4.78, 5) is 13.1. The zero-order valence-electron chi connectivity index (χ0n) is 20.5. The molecule has 1 fully saturated rings. The van der Waals surface area contributed by atoms with Crippen LogP contribution in [0.1, 0.15) is 48.4 Å². The van der Waals surface area contributed by atoms with Gasteiger partial charge in [0.1, 0.15) is 6.61 Å². The van der Waals surface area contributed by atoms with Gasteiger partial charge in [-0.1, -0.05) is 18.2 Å². The predicted molar refractivity (Wildman–Crippen MR) is 138 cm³/mol. The number of nitrogens with zero attached hydrogens (tertiary/aromatic N) is 3. The van der Waals surface area contributed by atoms with Crippen LogP contribution in [0.5, 0.6) is 0 Å². The van der Waals surface area contributed by atoms with E-state index in [2.05, 4.69) is 26.3 Å². The van der Waals surface area contributed by atoms with E-state index in [1.807, 2.05) is 25.1 Å². The number of para-hydroxylation sites is 1. The van der Waals surface area contributed by atoms with Crippen molar-refractivity contribution in [2.45, 2.75) is 56.7 Å². The third-order valence-electron chi connectivity index (χ3n) is 7.40. The number of halogens is 3. The maximum Gasteiger partial charge on any atom is 0.283 e. The first-order valence-electron chi connectivity index (χ1n) is 12.7. The van der Waals surface area contributed by atoms with Gasteiger partial charge in [0.2, 0.25) is 0 Å². The molecule has 3 N–H and O–H groups in total. The van der Waals surface area contributed by atoms with Crippen LogP contribution in [0.4, 0.5) is 18.3 Å². The molecule has 0 unspecified atom stereocenters. The number of piperidine rings is 1. The molecule has 0 radical (unpaired) electrons. The maximum atomic E-state index is 14.5. The summed E-state index contributed by atoms with van der Waals surface area (Å²) in [5, 5.41) is 14.7. The predicted octanol–water partition coefficient (Wildman–Crippen LogP) is 4.82. The average Bonchev–Trinajstić information content (AvgIpc) is 3.48. The lowest BCUT2D eigenvalue weighted by Crippen LogP contribution is -2.49. The van der Waals surface area contributed by atoms with Crippen molar-refractivity contribution in [2.75, 3.05) is 44.8 Å². The van der Waals surface area contributed by atoms with Crippen LogP contribution in [0.2, 0.25) is 0 Å². The molecule has 3 atom stereocenters. The normalized spacial score (nSPS) is 23.8. The van der Waals surface area contributed by atoms with E-state index in [0.717, 1.165) is 64.6 Å². The number of aromatic amines is 1. The molecular formula is C26H34F3N5OS. The van der Waals surface area contributed by atoms with Crippen LogP contribution in [-0.2, 0) is 6.42 Å². The number of hydrogen-bond donors (Lipinski definition) is 3. The molecule has 2 aliphatic rings. The van der Waals surface area contributed by atoms with Gasteiger partial charge in [0.15, 0.2) is 5.13 Å². The molecule has 6 nitrogen and oxygen atoms in total. The second-order valence-corrected chi connectivity index (χ2v) is 11.2. The molecule has 1 aromatic carbocycles. The van der Waals surface area contributed by atoms with Crippen molar-refractivity contribution in [3.8, 4) is 0 Å². The van der Waals surface area contributed by atoms with Crippen LogP contribution >= 0.6 is 11.3 Å². The van der Waals surface area contributed by atoms with Crippen molar-refractivity contribution in [1.29, 1.82) is 0 Å². The first-order valence-corrected chi connectivity index (χ1v) is 13.5. The van der Waals surface area contributed by atoms with E-state index in [4.69, 9.17) is 0 Å². The summed E-state index contributed by atoms with van der Waals surface area (Å²) in [6, 6.07) is 7.73. The first-order chi connectivity index (χ1) is 17.4. The van der Waals surface area contributed by atoms with Crippen molar-refractivity contribution >= 4 is 27.4 Å². The fraction of sp³-hybridized carbons (Fsp3) is 0.577. The fourth-order valence-corrected chi connectivity index (χ4v) is 6.72. The SMILES string of the molecule is C[C@@H]1Cc2c([nH]c3ccccc23)[C@@H](c2cnc(N[C@H]3CCCN(CCCF)C3)s2)N1CC(F)(F)CO. The van der Waals surface area contributed by atoms with E-state index >= 15 is 0 Å². The summed E-state index contributed by atoms with van der Waals surface area (Å²) >= 11 is 1.50. The molecule has 3 aromatic rings. The molecule has 0 amide bonds. The number of hydrogen-bond acceptors (Lipinski definition) is 6. The maximum absolute atomic E-state index is 14.5. The Bertz CT molecular complexity index is 1170. The zero-order valence-corrected chi connectivity index (χ0v) is 21.3. The highest BCUT2D eigenvalue weighted by Crippen LogP contribution is 2.44. The molecule has 0 bridgehead atoms. The standard InChI is InChI=1S/C26H34F3N5OS/c1-17-12-20-19-7-2-3-8-21(19)32-23(20)24(34(17)15-26(28,29)16-35)22-13-30-25(36-22)31-18-6-4-10-33(14-18)11-5-9-27/h2-3,7-8,13,17-18,24,32,35H,4-6,9-12,14-16H2,1H3,(H,30,31)/t17-,18+,24-/m1/s1. The third kappa shape index (κ3) is 5.27. The Hall–Kier alpha value is -2.14. The largest absolute Gasteiger partial charge is 0.390 e. The van der Waals surface area contributed by atoms with Crippen LogP contribution in [0, 0.1) is 0 Å². The van der Waals surface area contributed by atoms with Crippen LogP contribution in [0.3, 0.4) is 0 Å². The van der Waals surface area contributed by atoms with Crippen LogP contribution in [-0.4, -0.2) is 82.3 Å². The number of rotatable bonds is 9. The summed E-state index contributed by atoms with van der Waals surface area (Å²) in [5.74, 6) is -3.20. The highest BCUT2D eigenvalue weighted by atomic mass is 32.1. The molecule has 2 aromatic heterocycles. The average molecular weight is 522 g/mol. The third-order valence-corrected chi connectivity index (χ3v) is 8.38. The van der Waals surface area contributed by atoms with Gasteiger partial charge in [-0.3, -0.25) is 9.29 Å². The summed E-state index contributed by atoms with van der Waals surface area (Å²) in [6.45, 7) is 2.55. The van der Waals surface area contributed by atoms with Crippen molar-refractivity contribution in [2.24, 2.45) is 0 Å². The summed E-state index contributed by atoms with van der Waals surface area (Å²) in [5.41, 5.74) is 3.08. The second kappa shape index (κ2) is 10.7. The summed E-state index contributed by atoms with van der Waals surface area (Å²) in [7, 11) is 0. The number of aromatic nitrogens is 2. The van der Waals surface area contributed by atoms with Crippen molar-refractivity contribution < 1.29 is 18.3 Å². The van der Waals surface area contributed by atoms with E-state index in [0.29, 0.717) is 12.8 Å². The number of likely N-dealkylation sites (tertiary alicyclic amines) is 1. The number of benzene rings is 1. The quantitative estimate of drug-likeness (QED) is 0.377. The van der Waals surface area contributed by atoms with Gasteiger partial charge in [0.25, 0.3) is 5.92 Å². The Morgan fingerprint density at radius 3 is 2.94 bits per heavy atom. The molecule has 5 rings (SSSR count). The van der Waals surface area contributed by atoms with Gasteiger partial charge in [-0.05, 0) is 50.8 Å². The van der Waals surface area contributed by atoms with Gasteiger partial charge >= 0.3 is 0 Å². The van der Waals surface area contributed by atoms with Gasteiger partial charge in [-0.2, -0.15) is 0 Å². The molecular weight excluding hydrogens is 487 g/mol. The van der Waals surface area contributed by atoms with Crippen molar-refractivity contribution in [3.63, 3.8) is 0 Å². The number of aliphatic hydroxyl groups is 1. The molecule has 0 saturated carbocycles. The van der Waals surface area contributed by atoms with Crippen LogP contribution < -0.4 is 5.32 Å².